The molecule has 1 amide bonds. The van der Waals surface area contributed by atoms with Gasteiger partial charge >= 0.3 is 6.09 Å². The molecule has 2 atom stereocenters. The van der Waals surface area contributed by atoms with Gasteiger partial charge in [0.05, 0.1) is 11.9 Å². The molecule has 6 nitrogen and oxygen atoms in total. The number of nitrogens with zero attached hydrogens (tertiary/aromatic N) is 3. The minimum Gasteiger partial charge on any atom is -0.465 e. The van der Waals surface area contributed by atoms with Crippen molar-refractivity contribution in [3.8, 4) is 0 Å². The molecule has 3 N–H and O–H groups in total. The van der Waals surface area contributed by atoms with E-state index in [-0.39, 0.29) is 17.3 Å². The minimum absolute atomic E-state index is 0.0634. The molecular formula is C21H32N4O2. The summed E-state index contributed by atoms with van der Waals surface area (Å²) < 4.78 is 2.06. The predicted octanol–water partition coefficient (Wildman–Crippen LogP) is 4.37. The molecule has 2 aromatic rings. The van der Waals surface area contributed by atoms with Crippen LogP contribution in [0, 0.1) is 18.3 Å². The normalized spacial score (nSPS) is 23.0. The Balaban J connectivity index is 2.23. The molecule has 0 bridgehead atoms. The Labute approximate surface area is 161 Å². The van der Waals surface area contributed by atoms with Crippen molar-refractivity contribution in [2.75, 3.05) is 12.3 Å². The van der Waals surface area contributed by atoms with Gasteiger partial charge in [0.2, 0.25) is 0 Å². The Hall–Kier alpha value is -2.24. The number of fused-ring (bicyclic) bond motifs is 1. The van der Waals surface area contributed by atoms with Crippen molar-refractivity contribution >= 4 is 22.8 Å². The summed E-state index contributed by atoms with van der Waals surface area (Å²) in [6, 6.07) is 0. The van der Waals surface area contributed by atoms with E-state index >= 15 is 0 Å². The molecule has 3 heterocycles. The van der Waals surface area contributed by atoms with E-state index in [1.165, 1.54) is 5.56 Å². The Morgan fingerprint density at radius 3 is 2.56 bits per heavy atom. The van der Waals surface area contributed by atoms with Gasteiger partial charge in [-0.05, 0) is 55.6 Å². The molecule has 0 aliphatic carbocycles. The smallest absolute Gasteiger partial charge is 0.407 e. The quantitative estimate of drug-likeness (QED) is 0.778. The number of nitrogens with two attached hydrogens (primary N) is 1. The van der Waals surface area contributed by atoms with Crippen LogP contribution in [0.25, 0.3) is 11.0 Å². The summed E-state index contributed by atoms with van der Waals surface area (Å²) in [5.74, 6) is 0.392. The maximum Gasteiger partial charge on any atom is 0.407 e. The topological polar surface area (TPSA) is 84.4 Å². The standard InChI is InChI=1S/C21H32N4O2/c1-12-15(22)10-23-18-16(12)14(11-24(18)7)13-8-9-25(19(26)27)21(5,6)17(13)20(2,3)4/h10-11,13,17H,8-9,22H2,1-7H3,(H,26,27)/t13?,17-/m1/s1. The van der Waals surface area contributed by atoms with Crippen molar-refractivity contribution in [1.82, 2.24) is 14.5 Å². The molecule has 1 fully saturated rings. The van der Waals surface area contributed by atoms with E-state index in [2.05, 4.69) is 50.4 Å². The fraction of sp³-hybridized carbons (Fsp3) is 0.619. The van der Waals surface area contributed by atoms with Crippen LogP contribution in [0.4, 0.5) is 10.5 Å². The SMILES string of the molecule is Cc1c(N)cnc2c1c(C1CCN(C(=O)O)C(C)(C)[C@H]1C(C)(C)C)cn2C. The third-order valence-corrected chi connectivity index (χ3v) is 6.40. The number of amides is 1. The molecule has 0 aromatic carbocycles. The predicted molar refractivity (Wildman–Crippen MR) is 109 cm³/mol. The maximum absolute atomic E-state index is 11.9. The summed E-state index contributed by atoms with van der Waals surface area (Å²) in [5, 5.41) is 10.9. The van der Waals surface area contributed by atoms with Gasteiger partial charge < -0.3 is 20.3 Å². The van der Waals surface area contributed by atoms with Crippen molar-refractivity contribution < 1.29 is 9.90 Å². The summed E-state index contributed by atoms with van der Waals surface area (Å²) >= 11 is 0. The molecule has 148 valence electrons. The third-order valence-electron chi connectivity index (χ3n) is 6.40. The fourth-order valence-corrected chi connectivity index (χ4v) is 5.56. The number of hydrogen-bond acceptors (Lipinski definition) is 3. The van der Waals surface area contributed by atoms with Gasteiger partial charge in [-0.3, -0.25) is 0 Å². The molecule has 3 rings (SSSR count). The van der Waals surface area contributed by atoms with Crippen LogP contribution >= 0.6 is 0 Å². The average Bonchev–Trinajstić information content (AvgIpc) is 2.85. The molecule has 1 unspecified atom stereocenters. The van der Waals surface area contributed by atoms with E-state index < -0.39 is 11.6 Å². The molecule has 6 heteroatoms. The highest BCUT2D eigenvalue weighted by molar-refractivity contribution is 5.88. The van der Waals surface area contributed by atoms with Gasteiger partial charge in [0, 0.05) is 30.7 Å². The largest absolute Gasteiger partial charge is 0.465 e. The van der Waals surface area contributed by atoms with Gasteiger partial charge in [-0.1, -0.05) is 20.8 Å². The molecule has 2 aromatic heterocycles. The number of hydrogen-bond donors (Lipinski definition) is 2. The van der Waals surface area contributed by atoms with Crippen LogP contribution in [-0.4, -0.2) is 37.7 Å². The van der Waals surface area contributed by atoms with Gasteiger partial charge in [0.25, 0.3) is 0 Å². The third kappa shape index (κ3) is 2.95. The van der Waals surface area contributed by atoms with E-state index in [9.17, 15) is 9.90 Å². The summed E-state index contributed by atoms with van der Waals surface area (Å²) in [6.07, 6.45) is 3.85. The number of pyridine rings is 1. The second-order valence-electron chi connectivity index (χ2n) is 9.56. The van der Waals surface area contributed by atoms with Gasteiger partial charge in [-0.25, -0.2) is 9.78 Å². The zero-order chi connectivity index (χ0) is 20.3. The number of anilines is 1. The second kappa shape index (κ2) is 6.14. The first-order chi connectivity index (χ1) is 12.4. The van der Waals surface area contributed by atoms with Gasteiger partial charge in [-0.2, -0.15) is 0 Å². The number of carbonyl (C=O) groups is 1. The molecule has 1 aliphatic rings. The molecule has 1 aliphatic heterocycles. The van der Waals surface area contributed by atoms with E-state index in [4.69, 9.17) is 5.73 Å². The van der Waals surface area contributed by atoms with Crippen LogP contribution in [0.3, 0.4) is 0 Å². The summed E-state index contributed by atoms with van der Waals surface area (Å²) in [7, 11) is 2.01. The highest BCUT2D eigenvalue weighted by Gasteiger charge is 2.51. The monoisotopic (exact) mass is 372 g/mol. The van der Waals surface area contributed by atoms with Crippen LogP contribution in [0.5, 0.6) is 0 Å². The van der Waals surface area contributed by atoms with Crippen LogP contribution in [-0.2, 0) is 7.05 Å². The fourth-order valence-electron chi connectivity index (χ4n) is 5.56. The maximum atomic E-state index is 11.9. The van der Waals surface area contributed by atoms with Crippen LogP contribution in [0.15, 0.2) is 12.4 Å². The van der Waals surface area contributed by atoms with Crippen LogP contribution in [0.1, 0.15) is 58.1 Å². The van der Waals surface area contributed by atoms with E-state index in [1.54, 1.807) is 11.1 Å². The number of aromatic nitrogens is 2. The molecule has 0 spiro atoms. The lowest BCUT2D eigenvalue weighted by Crippen LogP contribution is -2.60. The summed E-state index contributed by atoms with van der Waals surface area (Å²) in [5.41, 5.74) is 9.56. The lowest BCUT2D eigenvalue weighted by Gasteiger charge is -2.55. The molecule has 0 radical (unpaired) electrons. The molecule has 1 saturated heterocycles. The number of carboxylic acid groups (broad SMARTS) is 1. The van der Waals surface area contributed by atoms with Crippen LogP contribution in [0.2, 0.25) is 0 Å². The molecular weight excluding hydrogens is 340 g/mol. The van der Waals surface area contributed by atoms with E-state index in [0.717, 1.165) is 23.0 Å². The molecule has 27 heavy (non-hydrogen) atoms. The second-order valence-corrected chi connectivity index (χ2v) is 9.56. The van der Waals surface area contributed by atoms with Crippen LogP contribution < -0.4 is 5.73 Å². The lowest BCUT2D eigenvalue weighted by molar-refractivity contribution is -0.0304. The highest BCUT2D eigenvalue weighted by Crippen LogP contribution is 2.52. The Kier molecular flexibility index (Phi) is 4.44. The minimum atomic E-state index is -0.840. The first kappa shape index (κ1) is 19.5. The van der Waals surface area contributed by atoms with E-state index in [0.29, 0.717) is 12.2 Å². The van der Waals surface area contributed by atoms with Crippen molar-refractivity contribution in [1.29, 1.82) is 0 Å². The number of aryl methyl sites for hydroxylation is 2. The Morgan fingerprint density at radius 1 is 1.37 bits per heavy atom. The zero-order valence-electron chi connectivity index (χ0n) is 17.5. The van der Waals surface area contributed by atoms with E-state index in [1.807, 2.05) is 14.0 Å². The average molecular weight is 373 g/mol. The van der Waals surface area contributed by atoms with Crippen molar-refractivity contribution in [3.05, 3.63) is 23.5 Å². The number of likely N-dealkylation sites (tertiary alicyclic amines) is 1. The van der Waals surface area contributed by atoms with Crippen molar-refractivity contribution in [2.24, 2.45) is 18.4 Å². The summed E-state index contributed by atoms with van der Waals surface area (Å²) in [4.78, 5) is 18.1. The zero-order valence-corrected chi connectivity index (χ0v) is 17.5. The highest BCUT2D eigenvalue weighted by atomic mass is 16.4. The first-order valence-corrected chi connectivity index (χ1v) is 9.58. The van der Waals surface area contributed by atoms with Gasteiger partial charge in [0.1, 0.15) is 5.65 Å². The van der Waals surface area contributed by atoms with Crippen molar-refractivity contribution in [2.45, 2.75) is 59.4 Å². The number of nitrogen functional groups attached to an aromatic ring is 1. The Morgan fingerprint density at radius 2 is 2.00 bits per heavy atom. The van der Waals surface area contributed by atoms with Gasteiger partial charge in [0.15, 0.2) is 0 Å². The van der Waals surface area contributed by atoms with Crippen molar-refractivity contribution in [3.63, 3.8) is 0 Å². The van der Waals surface area contributed by atoms with Gasteiger partial charge in [-0.15, -0.1) is 0 Å². The first-order valence-electron chi connectivity index (χ1n) is 9.58. The molecule has 0 saturated carbocycles. The number of piperidine rings is 1. The lowest BCUT2D eigenvalue weighted by atomic mass is 9.59. The summed E-state index contributed by atoms with van der Waals surface area (Å²) in [6.45, 7) is 13.3. The Bertz CT molecular complexity index is 892. The number of rotatable bonds is 1.